The summed E-state index contributed by atoms with van der Waals surface area (Å²) in [5.74, 6) is 0. The second kappa shape index (κ2) is 2.23. The standard InChI is InChI=1S/C4H10N2OSe/c5-3-1-8(7)2-4(3)6/h3-4H,1-2,5-6H2/t3-,4-/m1/s1. The van der Waals surface area contributed by atoms with E-state index in [1.165, 1.54) is 0 Å². The SMILES string of the molecule is N[C@@H]1C[Se](=O)C[C@H]1N. The van der Waals surface area contributed by atoms with Crippen LogP contribution in [-0.2, 0) is 3.83 Å². The van der Waals surface area contributed by atoms with Gasteiger partial charge in [0, 0.05) is 0 Å². The second-order valence-corrected chi connectivity index (χ2v) is 5.35. The van der Waals surface area contributed by atoms with E-state index in [1.54, 1.807) is 0 Å². The van der Waals surface area contributed by atoms with Gasteiger partial charge in [-0.2, -0.15) is 0 Å². The van der Waals surface area contributed by atoms with Gasteiger partial charge in [-0.25, -0.2) is 0 Å². The minimum absolute atomic E-state index is 0.0116. The van der Waals surface area contributed by atoms with Crippen LogP contribution in [0, 0.1) is 0 Å². The van der Waals surface area contributed by atoms with E-state index in [-0.39, 0.29) is 12.1 Å². The van der Waals surface area contributed by atoms with Crippen molar-refractivity contribution in [2.24, 2.45) is 11.5 Å². The van der Waals surface area contributed by atoms with E-state index >= 15 is 0 Å². The van der Waals surface area contributed by atoms with Gasteiger partial charge in [-0.1, -0.05) is 0 Å². The van der Waals surface area contributed by atoms with Gasteiger partial charge >= 0.3 is 51.9 Å². The Hall–Kier alpha value is 0.239. The van der Waals surface area contributed by atoms with Crippen LogP contribution in [-0.4, -0.2) is 25.9 Å². The molecule has 4 heteroatoms. The van der Waals surface area contributed by atoms with Crippen molar-refractivity contribution in [3.8, 4) is 0 Å². The Morgan fingerprint density at radius 2 is 1.62 bits per heavy atom. The summed E-state index contributed by atoms with van der Waals surface area (Å²) in [4.78, 5) is 0. The normalized spacial score (nSPS) is 40.8. The molecule has 1 aliphatic rings. The molecule has 2 atom stereocenters. The molecule has 3 nitrogen and oxygen atoms in total. The molecule has 0 saturated carbocycles. The van der Waals surface area contributed by atoms with E-state index in [2.05, 4.69) is 0 Å². The van der Waals surface area contributed by atoms with Crippen molar-refractivity contribution in [1.29, 1.82) is 0 Å². The molecule has 0 aromatic carbocycles. The minimum atomic E-state index is -1.55. The molecule has 0 spiro atoms. The van der Waals surface area contributed by atoms with Crippen LogP contribution in [0.25, 0.3) is 0 Å². The van der Waals surface area contributed by atoms with Crippen LogP contribution in [0.4, 0.5) is 0 Å². The molecule has 0 unspecified atom stereocenters. The molecule has 48 valence electrons. The Kier molecular flexibility index (Phi) is 1.77. The molecule has 1 fully saturated rings. The average Bonchev–Trinajstić information content (AvgIpc) is 1.85. The first-order valence-corrected chi connectivity index (χ1v) is 5.68. The van der Waals surface area contributed by atoms with Crippen LogP contribution in [0.1, 0.15) is 0 Å². The molecule has 1 saturated heterocycles. The topological polar surface area (TPSA) is 69.1 Å². The summed E-state index contributed by atoms with van der Waals surface area (Å²) in [6.07, 6.45) is 0. The van der Waals surface area contributed by atoms with Crippen molar-refractivity contribution in [3.05, 3.63) is 0 Å². The van der Waals surface area contributed by atoms with Crippen LogP contribution in [0.3, 0.4) is 0 Å². The Labute approximate surface area is 52.5 Å². The average molecular weight is 181 g/mol. The summed E-state index contributed by atoms with van der Waals surface area (Å²) in [6, 6.07) is 0.0231. The monoisotopic (exact) mass is 182 g/mol. The number of hydrogen-bond donors (Lipinski definition) is 2. The summed E-state index contributed by atoms with van der Waals surface area (Å²) in [7, 11) is 0. The number of rotatable bonds is 0. The van der Waals surface area contributed by atoms with Crippen LogP contribution in [0.2, 0.25) is 10.6 Å². The van der Waals surface area contributed by atoms with Crippen molar-refractivity contribution < 1.29 is 3.83 Å². The van der Waals surface area contributed by atoms with Gasteiger partial charge < -0.3 is 0 Å². The molecule has 1 heterocycles. The third-order valence-corrected chi connectivity index (χ3v) is 4.48. The quantitative estimate of drug-likeness (QED) is 0.474. The third-order valence-electron chi connectivity index (χ3n) is 1.31. The summed E-state index contributed by atoms with van der Waals surface area (Å²) in [5, 5.41) is 1.36. The molecule has 4 N–H and O–H groups in total. The molecule has 8 heavy (non-hydrogen) atoms. The van der Waals surface area contributed by atoms with Gasteiger partial charge in [0.05, 0.1) is 0 Å². The molecule has 0 aromatic heterocycles. The zero-order valence-corrected chi connectivity index (χ0v) is 6.25. The van der Waals surface area contributed by atoms with Crippen molar-refractivity contribution >= 4 is 13.8 Å². The summed E-state index contributed by atoms with van der Waals surface area (Å²) in [6.45, 7) is 0. The molecule has 0 amide bonds. The maximum absolute atomic E-state index is 10.7. The van der Waals surface area contributed by atoms with E-state index in [4.69, 9.17) is 11.5 Å². The fourth-order valence-corrected chi connectivity index (χ4v) is 3.87. The molecular formula is C4H10N2OSe. The van der Waals surface area contributed by atoms with Gasteiger partial charge in [-0.05, 0) is 0 Å². The summed E-state index contributed by atoms with van der Waals surface area (Å²) in [5.41, 5.74) is 10.9. The van der Waals surface area contributed by atoms with E-state index in [0.29, 0.717) is 10.6 Å². The first-order valence-electron chi connectivity index (χ1n) is 2.56. The molecule has 1 rings (SSSR count). The third kappa shape index (κ3) is 1.14. The fraction of sp³-hybridized carbons (Fsp3) is 1.00. The van der Waals surface area contributed by atoms with Crippen LogP contribution in [0.5, 0.6) is 0 Å². The molecule has 0 radical (unpaired) electrons. The Bertz CT molecular complexity index is 105. The predicted molar refractivity (Wildman–Crippen MR) is 32.0 cm³/mol. The fourth-order valence-electron chi connectivity index (χ4n) is 0.745. The maximum atomic E-state index is 10.7. The molecular weight excluding hydrogens is 171 g/mol. The molecule has 0 aliphatic carbocycles. The van der Waals surface area contributed by atoms with Gasteiger partial charge in [-0.3, -0.25) is 0 Å². The first-order chi connectivity index (χ1) is 3.70. The Morgan fingerprint density at radius 1 is 1.25 bits per heavy atom. The second-order valence-electron chi connectivity index (χ2n) is 2.10. The Morgan fingerprint density at radius 3 is 1.75 bits per heavy atom. The van der Waals surface area contributed by atoms with Gasteiger partial charge in [0.15, 0.2) is 0 Å². The van der Waals surface area contributed by atoms with E-state index in [9.17, 15) is 3.83 Å². The van der Waals surface area contributed by atoms with Crippen molar-refractivity contribution in [2.75, 3.05) is 0 Å². The van der Waals surface area contributed by atoms with Gasteiger partial charge in [0.2, 0.25) is 0 Å². The van der Waals surface area contributed by atoms with Crippen LogP contribution < -0.4 is 11.5 Å². The molecule has 1 aliphatic heterocycles. The van der Waals surface area contributed by atoms with Crippen molar-refractivity contribution in [2.45, 2.75) is 22.7 Å². The van der Waals surface area contributed by atoms with Crippen molar-refractivity contribution in [3.63, 3.8) is 0 Å². The predicted octanol–water partition coefficient (Wildman–Crippen LogP) is -0.923. The first kappa shape index (κ1) is 6.36. The van der Waals surface area contributed by atoms with Gasteiger partial charge in [0.1, 0.15) is 0 Å². The zero-order chi connectivity index (χ0) is 6.15. The molecule has 0 bridgehead atoms. The number of hydrogen-bond acceptors (Lipinski definition) is 3. The summed E-state index contributed by atoms with van der Waals surface area (Å²) < 4.78 is 10.7. The Balaban J connectivity index is 2.51. The van der Waals surface area contributed by atoms with E-state index < -0.39 is 13.8 Å². The number of nitrogens with two attached hydrogens (primary N) is 2. The van der Waals surface area contributed by atoms with E-state index in [0.717, 1.165) is 0 Å². The van der Waals surface area contributed by atoms with Gasteiger partial charge in [0.25, 0.3) is 0 Å². The van der Waals surface area contributed by atoms with E-state index in [1.807, 2.05) is 0 Å². The zero-order valence-electron chi connectivity index (χ0n) is 4.54. The molecule has 0 aromatic rings. The van der Waals surface area contributed by atoms with Crippen LogP contribution in [0.15, 0.2) is 0 Å². The van der Waals surface area contributed by atoms with Gasteiger partial charge in [-0.15, -0.1) is 0 Å². The summed E-state index contributed by atoms with van der Waals surface area (Å²) >= 11 is -1.55. The van der Waals surface area contributed by atoms with Crippen molar-refractivity contribution in [1.82, 2.24) is 0 Å². The van der Waals surface area contributed by atoms with Crippen LogP contribution >= 0.6 is 0 Å².